The first-order valence-electron chi connectivity index (χ1n) is 7.02. The largest absolute Gasteiger partial charge is 0.336 e. The number of halogens is 1. The van der Waals surface area contributed by atoms with Crippen molar-refractivity contribution in [2.45, 2.75) is 13.3 Å². The molecule has 0 bridgehead atoms. The number of aromatic nitrogens is 2. The smallest absolute Gasteiger partial charge is 0.168 e. The lowest BCUT2D eigenvalue weighted by Gasteiger charge is -2.04. The van der Waals surface area contributed by atoms with Crippen LogP contribution in [-0.4, -0.2) is 16.3 Å². The maximum Gasteiger partial charge on any atom is 0.168 e. The molecule has 1 N–H and O–H groups in total. The Morgan fingerprint density at radius 2 is 1.95 bits per heavy atom. The molecule has 3 rings (SSSR count). The number of aldehydes is 1. The Balaban J connectivity index is 1.97. The van der Waals surface area contributed by atoms with Crippen molar-refractivity contribution in [3.8, 4) is 11.4 Å². The molecule has 0 aliphatic heterocycles. The van der Waals surface area contributed by atoms with Crippen molar-refractivity contribution in [3.05, 3.63) is 76.1 Å². The Labute approximate surface area is 134 Å². The van der Waals surface area contributed by atoms with Crippen molar-refractivity contribution in [2.75, 3.05) is 0 Å². The van der Waals surface area contributed by atoms with Gasteiger partial charge in [0.25, 0.3) is 0 Å². The Kier molecular flexibility index (Phi) is 4.07. The Hall–Kier alpha value is -2.39. The highest BCUT2D eigenvalue weighted by molar-refractivity contribution is 6.30. The zero-order chi connectivity index (χ0) is 15.5. The van der Waals surface area contributed by atoms with Crippen molar-refractivity contribution in [2.24, 2.45) is 0 Å². The summed E-state index contributed by atoms with van der Waals surface area (Å²) in [4.78, 5) is 19.0. The van der Waals surface area contributed by atoms with Crippen LogP contribution in [0.2, 0.25) is 5.02 Å². The van der Waals surface area contributed by atoms with Crippen LogP contribution in [0, 0.1) is 6.92 Å². The molecule has 0 aliphatic rings. The first kappa shape index (κ1) is 14.5. The lowest BCUT2D eigenvalue weighted by molar-refractivity contribution is 0.111. The van der Waals surface area contributed by atoms with Gasteiger partial charge in [0.2, 0.25) is 0 Å². The van der Waals surface area contributed by atoms with Crippen LogP contribution in [0.3, 0.4) is 0 Å². The van der Waals surface area contributed by atoms with Crippen molar-refractivity contribution in [1.29, 1.82) is 0 Å². The van der Waals surface area contributed by atoms with Gasteiger partial charge >= 0.3 is 0 Å². The molecule has 3 nitrogen and oxygen atoms in total. The number of carbonyl (C=O) groups is 1. The number of imidazole rings is 1. The van der Waals surface area contributed by atoms with Crippen LogP contribution in [-0.2, 0) is 6.42 Å². The van der Waals surface area contributed by atoms with Gasteiger partial charge in [-0.3, -0.25) is 4.79 Å². The van der Waals surface area contributed by atoms with Gasteiger partial charge in [0.15, 0.2) is 6.29 Å². The SMILES string of the molecule is Cc1cc(Cl)ccc1Cc1nc(-c2ccccc2)[nH]c1C=O. The van der Waals surface area contributed by atoms with Gasteiger partial charge < -0.3 is 4.98 Å². The molecule has 0 fully saturated rings. The summed E-state index contributed by atoms with van der Waals surface area (Å²) in [5.74, 6) is 0.712. The topological polar surface area (TPSA) is 45.8 Å². The summed E-state index contributed by atoms with van der Waals surface area (Å²) in [6.07, 6.45) is 1.42. The number of nitrogens with zero attached hydrogens (tertiary/aromatic N) is 1. The van der Waals surface area contributed by atoms with E-state index in [-0.39, 0.29) is 0 Å². The Morgan fingerprint density at radius 3 is 2.64 bits per heavy atom. The van der Waals surface area contributed by atoms with Crippen LogP contribution in [0.5, 0.6) is 0 Å². The number of hydrogen-bond acceptors (Lipinski definition) is 2. The average Bonchev–Trinajstić information content (AvgIpc) is 2.94. The molecule has 110 valence electrons. The van der Waals surface area contributed by atoms with Gasteiger partial charge in [-0.15, -0.1) is 0 Å². The van der Waals surface area contributed by atoms with Gasteiger partial charge in [-0.2, -0.15) is 0 Å². The third kappa shape index (κ3) is 2.95. The van der Waals surface area contributed by atoms with Gasteiger partial charge in [-0.25, -0.2) is 4.98 Å². The molecule has 2 aromatic carbocycles. The minimum absolute atomic E-state index is 0.521. The van der Waals surface area contributed by atoms with E-state index in [1.807, 2.05) is 55.5 Å². The number of carbonyl (C=O) groups excluding carboxylic acids is 1. The van der Waals surface area contributed by atoms with Crippen LogP contribution >= 0.6 is 11.6 Å². The summed E-state index contributed by atoms with van der Waals surface area (Å²) >= 11 is 5.98. The average molecular weight is 311 g/mol. The second-order valence-electron chi connectivity index (χ2n) is 5.18. The molecule has 0 radical (unpaired) electrons. The fraction of sp³-hybridized carbons (Fsp3) is 0.111. The van der Waals surface area contributed by atoms with E-state index in [1.54, 1.807) is 0 Å². The van der Waals surface area contributed by atoms with E-state index >= 15 is 0 Å². The van der Waals surface area contributed by atoms with E-state index in [9.17, 15) is 4.79 Å². The Morgan fingerprint density at radius 1 is 1.18 bits per heavy atom. The second kappa shape index (κ2) is 6.16. The third-order valence-electron chi connectivity index (χ3n) is 3.64. The molecular formula is C18H15ClN2O. The van der Waals surface area contributed by atoms with Crippen LogP contribution in [0.25, 0.3) is 11.4 Å². The molecule has 0 spiro atoms. The van der Waals surface area contributed by atoms with Gasteiger partial charge in [0.05, 0.1) is 5.69 Å². The summed E-state index contributed by atoms with van der Waals surface area (Å²) in [6.45, 7) is 2.01. The van der Waals surface area contributed by atoms with Gasteiger partial charge in [0.1, 0.15) is 11.5 Å². The minimum Gasteiger partial charge on any atom is -0.336 e. The number of nitrogens with one attached hydrogen (secondary N) is 1. The maximum atomic E-state index is 11.3. The fourth-order valence-corrected chi connectivity index (χ4v) is 2.65. The number of benzene rings is 2. The summed E-state index contributed by atoms with van der Waals surface area (Å²) in [7, 11) is 0. The second-order valence-corrected chi connectivity index (χ2v) is 5.61. The van der Waals surface area contributed by atoms with E-state index in [1.165, 1.54) is 0 Å². The first-order valence-corrected chi connectivity index (χ1v) is 7.39. The predicted molar refractivity (Wildman–Crippen MR) is 88.4 cm³/mol. The van der Waals surface area contributed by atoms with Crippen LogP contribution in [0.15, 0.2) is 48.5 Å². The molecule has 1 heterocycles. The van der Waals surface area contributed by atoms with Crippen molar-refractivity contribution in [3.63, 3.8) is 0 Å². The Bertz CT molecular complexity index is 809. The molecule has 3 aromatic rings. The summed E-state index contributed by atoms with van der Waals surface area (Å²) in [6, 6.07) is 15.5. The molecular weight excluding hydrogens is 296 g/mol. The van der Waals surface area contributed by atoms with Crippen molar-refractivity contribution < 1.29 is 4.79 Å². The number of rotatable bonds is 4. The zero-order valence-electron chi connectivity index (χ0n) is 12.1. The number of aryl methyl sites for hydroxylation is 1. The van der Waals surface area contributed by atoms with Crippen LogP contribution in [0.4, 0.5) is 0 Å². The fourth-order valence-electron chi connectivity index (χ4n) is 2.43. The summed E-state index contributed by atoms with van der Waals surface area (Å²) in [5, 5.41) is 0.712. The molecule has 0 aliphatic carbocycles. The minimum atomic E-state index is 0.521. The highest BCUT2D eigenvalue weighted by atomic mass is 35.5. The third-order valence-corrected chi connectivity index (χ3v) is 3.87. The van der Waals surface area contributed by atoms with E-state index < -0.39 is 0 Å². The van der Waals surface area contributed by atoms with E-state index in [0.29, 0.717) is 23.0 Å². The number of hydrogen-bond donors (Lipinski definition) is 1. The normalized spacial score (nSPS) is 10.6. The molecule has 4 heteroatoms. The standard InChI is InChI=1S/C18H15ClN2O/c1-12-9-15(19)8-7-14(12)10-16-17(11-22)21-18(20-16)13-5-3-2-4-6-13/h2-9,11H,10H2,1H3,(H,20,21). The highest BCUT2D eigenvalue weighted by Crippen LogP contribution is 2.22. The lowest BCUT2D eigenvalue weighted by Crippen LogP contribution is -1.96. The quantitative estimate of drug-likeness (QED) is 0.724. The molecule has 1 aromatic heterocycles. The molecule has 0 atom stereocenters. The zero-order valence-corrected chi connectivity index (χ0v) is 12.9. The van der Waals surface area contributed by atoms with E-state index in [2.05, 4.69) is 9.97 Å². The lowest BCUT2D eigenvalue weighted by atomic mass is 10.0. The van der Waals surface area contributed by atoms with E-state index in [4.69, 9.17) is 11.6 Å². The molecule has 0 unspecified atom stereocenters. The predicted octanol–water partition coefficient (Wildman–Crippen LogP) is 4.44. The molecule has 0 amide bonds. The van der Waals surface area contributed by atoms with Crippen LogP contribution < -0.4 is 0 Å². The van der Waals surface area contributed by atoms with Crippen LogP contribution in [0.1, 0.15) is 27.3 Å². The molecule has 0 saturated heterocycles. The molecule has 0 saturated carbocycles. The van der Waals surface area contributed by atoms with Gasteiger partial charge in [0, 0.05) is 17.0 Å². The number of H-pyrrole nitrogens is 1. The first-order chi connectivity index (χ1) is 10.7. The van der Waals surface area contributed by atoms with Crippen molar-refractivity contribution in [1.82, 2.24) is 9.97 Å². The summed E-state index contributed by atoms with van der Waals surface area (Å²) < 4.78 is 0. The monoisotopic (exact) mass is 310 g/mol. The van der Waals surface area contributed by atoms with Crippen molar-refractivity contribution >= 4 is 17.9 Å². The number of aromatic amines is 1. The maximum absolute atomic E-state index is 11.3. The molecule has 22 heavy (non-hydrogen) atoms. The summed E-state index contributed by atoms with van der Waals surface area (Å²) in [5.41, 5.74) is 4.43. The van der Waals surface area contributed by atoms with Gasteiger partial charge in [-0.1, -0.05) is 48.0 Å². The van der Waals surface area contributed by atoms with E-state index in [0.717, 1.165) is 28.7 Å². The van der Waals surface area contributed by atoms with Gasteiger partial charge in [-0.05, 0) is 30.2 Å². The highest BCUT2D eigenvalue weighted by Gasteiger charge is 2.12.